The zero-order valence-electron chi connectivity index (χ0n) is 23.7. The van der Waals surface area contributed by atoms with E-state index in [1.165, 1.54) is 33.7 Å². The number of rotatable bonds is 9. The number of halogens is 1. The molecule has 0 saturated carbocycles. The van der Waals surface area contributed by atoms with Gasteiger partial charge in [-0.15, -0.1) is 0 Å². The molecule has 0 radical (unpaired) electrons. The largest absolute Gasteiger partial charge is 0.493 e. The maximum Gasteiger partial charge on any atom is 0.253 e. The quantitative estimate of drug-likeness (QED) is 0.150. The van der Waals surface area contributed by atoms with Gasteiger partial charge in [0.1, 0.15) is 0 Å². The van der Waals surface area contributed by atoms with E-state index in [0.717, 1.165) is 64.4 Å². The van der Waals surface area contributed by atoms with Crippen molar-refractivity contribution in [3.63, 3.8) is 0 Å². The van der Waals surface area contributed by atoms with Gasteiger partial charge in [0.05, 0.1) is 24.7 Å². The molecule has 0 saturated heterocycles. The van der Waals surface area contributed by atoms with E-state index in [9.17, 15) is 9.59 Å². The number of pyridine rings is 1. The summed E-state index contributed by atoms with van der Waals surface area (Å²) in [6.07, 6.45) is 7.73. The molecule has 4 aromatic rings. The van der Waals surface area contributed by atoms with E-state index >= 15 is 0 Å². The highest BCUT2D eigenvalue weighted by atomic mass is 35.5. The van der Waals surface area contributed by atoms with Crippen molar-refractivity contribution in [1.29, 1.82) is 0 Å². The van der Waals surface area contributed by atoms with Crippen molar-refractivity contribution in [2.24, 2.45) is 0 Å². The molecule has 0 aliphatic carbocycles. The van der Waals surface area contributed by atoms with E-state index in [4.69, 9.17) is 30.5 Å². The number of ether oxygens (including phenoxy) is 4. The van der Waals surface area contributed by atoms with Crippen LogP contribution in [0.1, 0.15) is 23.1 Å². The highest BCUT2D eigenvalue weighted by Gasteiger charge is 2.32. The number of hydrogen-bond donors (Lipinski definition) is 0. The summed E-state index contributed by atoms with van der Waals surface area (Å²) >= 11 is 6.16. The number of aryl methyl sites for hydroxylation is 4. The fraction of sp³-hybridized carbons (Fsp3) is 0.265. The molecule has 3 aliphatic heterocycles. The SMILES string of the molecule is COc1ccc2c(CCc3ccc(Cl)cc3)c3[n+](cc2c1OCCCN1C(=O)C=CC1=O)CCc1cc2c(cc1-3)OCO2. The van der Waals surface area contributed by atoms with E-state index in [1.807, 2.05) is 18.2 Å². The molecular formula is C34H30ClN2O6+. The van der Waals surface area contributed by atoms with Crippen LogP contribution in [0, 0.1) is 0 Å². The lowest BCUT2D eigenvalue weighted by Crippen LogP contribution is -2.41. The van der Waals surface area contributed by atoms with Crippen molar-refractivity contribution in [2.75, 3.05) is 27.1 Å². The molecule has 218 valence electrons. The number of carbonyl (C=O) groups is 2. The van der Waals surface area contributed by atoms with Gasteiger partial charge in [-0.25, -0.2) is 0 Å². The molecule has 7 rings (SSSR count). The summed E-state index contributed by atoms with van der Waals surface area (Å²) in [5.74, 6) is 2.26. The molecule has 9 heteroatoms. The van der Waals surface area contributed by atoms with E-state index < -0.39 is 0 Å². The van der Waals surface area contributed by atoms with Crippen LogP contribution in [0.15, 0.2) is 66.9 Å². The van der Waals surface area contributed by atoms with E-state index in [0.29, 0.717) is 31.1 Å². The van der Waals surface area contributed by atoms with Crippen LogP contribution in [0.5, 0.6) is 23.0 Å². The Bertz CT molecular complexity index is 1780. The first-order valence-electron chi connectivity index (χ1n) is 14.4. The van der Waals surface area contributed by atoms with Crippen LogP contribution >= 0.6 is 11.6 Å². The normalized spacial score (nSPS) is 14.8. The average molecular weight is 598 g/mol. The van der Waals surface area contributed by atoms with Gasteiger partial charge >= 0.3 is 0 Å². The maximum absolute atomic E-state index is 12.0. The molecule has 0 bridgehead atoms. The second kappa shape index (κ2) is 11.3. The van der Waals surface area contributed by atoms with Crippen molar-refractivity contribution < 1.29 is 33.1 Å². The third-order valence-electron chi connectivity index (χ3n) is 8.29. The Kier molecular flexibility index (Phi) is 7.15. The molecule has 0 atom stereocenters. The summed E-state index contributed by atoms with van der Waals surface area (Å²) in [5, 5.41) is 2.75. The van der Waals surface area contributed by atoms with Gasteiger partial charge in [-0.1, -0.05) is 23.7 Å². The van der Waals surface area contributed by atoms with Crippen molar-refractivity contribution in [1.82, 2.24) is 4.90 Å². The molecule has 0 fully saturated rings. The molecule has 43 heavy (non-hydrogen) atoms. The Labute approximate surface area is 254 Å². The van der Waals surface area contributed by atoms with Crippen LogP contribution in [0.25, 0.3) is 22.0 Å². The first-order chi connectivity index (χ1) is 21.0. The monoisotopic (exact) mass is 597 g/mol. The summed E-state index contributed by atoms with van der Waals surface area (Å²) in [6, 6.07) is 16.3. The summed E-state index contributed by atoms with van der Waals surface area (Å²) in [4.78, 5) is 25.2. The minimum atomic E-state index is -0.288. The predicted octanol–water partition coefficient (Wildman–Crippen LogP) is 5.22. The highest BCUT2D eigenvalue weighted by Crippen LogP contribution is 2.44. The number of imide groups is 1. The van der Waals surface area contributed by atoms with Crippen LogP contribution in [-0.4, -0.2) is 43.8 Å². The van der Waals surface area contributed by atoms with Crippen LogP contribution in [0.4, 0.5) is 0 Å². The Balaban J connectivity index is 1.29. The second-order valence-corrected chi connectivity index (χ2v) is 11.2. The van der Waals surface area contributed by atoms with Crippen LogP contribution in [0.2, 0.25) is 5.02 Å². The topological polar surface area (TPSA) is 78.2 Å². The average Bonchev–Trinajstić information content (AvgIpc) is 3.61. The van der Waals surface area contributed by atoms with Crippen molar-refractivity contribution in [3.05, 3.63) is 88.6 Å². The number of hydrogen-bond acceptors (Lipinski definition) is 6. The summed E-state index contributed by atoms with van der Waals surface area (Å²) in [5.41, 5.74) is 5.96. The molecule has 0 N–H and O–H groups in total. The number of fused-ring (bicyclic) bond motifs is 5. The molecular weight excluding hydrogens is 568 g/mol. The molecule has 3 aliphatic rings. The van der Waals surface area contributed by atoms with Crippen molar-refractivity contribution >= 4 is 34.2 Å². The second-order valence-electron chi connectivity index (χ2n) is 10.8. The Hall–Kier alpha value is -4.56. The van der Waals surface area contributed by atoms with Gasteiger partial charge in [-0.2, -0.15) is 4.57 Å². The Morgan fingerprint density at radius 3 is 2.49 bits per heavy atom. The minimum absolute atomic E-state index is 0.233. The van der Waals surface area contributed by atoms with Gasteiger partial charge in [-0.3, -0.25) is 14.5 Å². The molecule has 8 nitrogen and oxygen atoms in total. The van der Waals surface area contributed by atoms with Gasteiger partial charge in [-0.05, 0) is 66.8 Å². The van der Waals surface area contributed by atoms with Gasteiger partial charge in [0, 0.05) is 41.1 Å². The number of carbonyl (C=O) groups excluding carboxylic acids is 2. The lowest BCUT2D eigenvalue weighted by Gasteiger charge is -2.21. The number of amides is 2. The smallest absolute Gasteiger partial charge is 0.253 e. The predicted molar refractivity (Wildman–Crippen MR) is 161 cm³/mol. The van der Waals surface area contributed by atoms with Crippen LogP contribution < -0.4 is 23.5 Å². The van der Waals surface area contributed by atoms with Crippen molar-refractivity contribution in [3.8, 4) is 34.3 Å². The first kappa shape index (κ1) is 27.3. The highest BCUT2D eigenvalue weighted by molar-refractivity contribution is 6.30. The van der Waals surface area contributed by atoms with Gasteiger partial charge in [0.25, 0.3) is 11.8 Å². The Morgan fingerprint density at radius 2 is 1.72 bits per heavy atom. The summed E-state index contributed by atoms with van der Waals surface area (Å²) in [6.45, 7) is 1.65. The summed E-state index contributed by atoms with van der Waals surface area (Å²) < 4.78 is 25.9. The third kappa shape index (κ3) is 5.06. The van der Waals surface area contributed by atoms with Gasteiger partial charge in [0.2, 0.25) is 12.5 Å². The number of nitrogens with zero attached hydrogens (tertiary/aromatic N) is 2. The van der Waals surface area contributed by atoms with Crippen molar-refractivity contribution in [2.45, 2.75) is 32.2 Å². The molecule has 1 aromatic heterocycles. The molecule has 0 unspecified atom stereocenters. The number of aromatic nitrogens is 1. The fourth-order valence-corrected chi connectivity index (χ4v) is 6.30. The minimum Gasteiger partial charge on any atom is -0.493 e. The number of benzene rings is 3. The molecule has 0 spiro atoms. The van der Waals surface area contributed by atoms with Crippen LogP contribution in [-0.2, 0) is 35.4 Å². The van der Waals surface area contributed by atoms with E-state index in [1.54, 1.807) is 7.11 Å². The van der Waals surface area contributed by atoms with E-state index in [-0.39, 0.29) is 18.6 Å². The molecule has 2 amide bonds. The van der Waals surface area contributed by atoms with Gasteiger partial charge < -0.3 is 18.9 Å². The zero-order chi connectivity index (χ0) is 29.5. The Morgan fingerprint density at radius 1 is 0.953 bits per heavy atom. The van der Waals surface area contributed by atoms with Gasteiger partial charge in [0.15, 0.2) is 35.7 Å². The zero-order valence-corrected chi connectivity index (χ0v) is 24.5. The molecule has 3 aromatic carbocycles. The molecule has 4 heterocycles. The van der Waals surface area contributed by atoms with E-state index in [2.05, 4.69) is 41.1 Å². The lowest BCUT2D eigenvalue weighted by atomic mass is 9.89. The maximum atomic E-state index is 12.0. The standard InChI is InChI=1S/C34H30ClN2O6/c1-40-28-10-9-24-25(8-5-21-3-6-23(35)7-4-21)33-26-18-30-29(42-20-43-30)17-22(26)13-15-36(33)19-27(24)34(28)41-16-2-14-37-31(38)11-12-32(37)39/h3-4,6-7,9-12,17-19H,2,5,8,13-16,20H2,1H3/q+1. The lowest BCUT2D eigenvalue weighted by molar-refractivity contribution is -0.686. The number of methoxy groups -OCH3 is 1. The first-order valence-corrected chi connectivity index (χ1v) is 14.8. The summed E-state index contributed by atoms with van der Waals surface area (Å²) in [7, 11) is 1.63. The fourth-order valence-electron chi connectivity index (χ4n) is 6.17. The third-order valence-corrected chi connectivity index (χ3v) is 8.54. The van der Waals surface area contributed by atoms with Crippen LogP contribution in [0.3, 0.4) is 0 Å².